The summed E-state index contributed by atoms with van der Waals surface area (Å²) >= 11 is 5.65. The number of halogens is 5. The first-order chi connectivity index (χ1) is 10.2. The maximum Gasteiger partial charge on any atom is 0.417 e. The molecule has 0 bridgehead atoms. The lowest BCUT2D eigenvalue weighted by atomic mass is 10.1. The summed E-state index contributed by atoms with van der Waals surface area (Å²) in [7, 11) is 0. The minimum atomic E-state index is -4.38. The number of hydrogen-bond donors (Lipinski definition) is 0. The van der Waals surface area contributed by atoms with Crippen LogP contribution in [0.4, 0.5) is 17.6 Å². The molecule has 1 atom stereocenters. The molecule has 0 fully saturated rings. The van der Waals surface area contributed by atoms with E-state index in [9.17, 15) is 17.6 Å². The lowest BCUT2D eigenvalue weighted by Gasteiger charge is -2.11. The Morgan fingerprint density at radius 1 is 1.36 bits per heavy atom. The van der Waals surface area contributed by atoms with Gasteiger partial charge in [-0.2, -0.15) is 13.2 Å². The molecular formula is C15H14ClF4N2+. The van der Waals surface area contributed by atoms with Gasteiger partial charge in [-0.05, 0) is 13.0 Å². The van der Waals surface area contributed by atoms with Crippen LogP contribution in [0, 0.1) is 12.7 Å². The van der Waals surface area contributed by atoms with Gasteiger partial charge in [0.25, 0.3) is 0 Å². The Hall–Kier alpha value is -1.69. The highest BCUT2D eigenvalue weighted by Gasteiger charge is 2.33. The third-order valence-corrected chi connectivity index (χ3v) is 3.52. The van der Waals surface area contributed by atoms with E-state index in [4.69, 9.17) is 11.6 Å². The van der Waals surface area contributed by atoms with Gasteiger partial charge in [0.2, 0.25) is 0 Å². The fourth-order valence-corrected chi connectivity index (χ4v) is 2.43. The lowest BCUT2D eigenvalue weighted by molar-refractivity contribution is -0.699. The smallest absolute Gasteiger partial charge is 0.256 e. The molecule has 0 aromatic carbocycles. The molecule has 2 heterocycles. The number of rotatable bonds is 3. The lowest BCUT2D eigenvalue weighted by Crippen LogP contribution is -2.37. The molecule has 118 valence electrons. The normalized spacial score (nSPS) is 13.2. The average molecular weight is 334 g/mol. The molecule has 0 N–H and O–H groups in total. The number of aromatic nitrogens is 2. The van der Waals surface area contributed by atoms with Gasteiger partial charge >= 0.3 is 6.18 Å². The van der Waals surface area contributed by atoms with Gasteiger partial charge in [-0.3, -0.25) is 4.98 Å². The standard InChI is InChI=1S/C15H14ClF4N2/c1-9-7-22(4-3-12(9)15(18,19)20)8-10(2)14-13(17)5-11(16)6-21-14/h3-7,10H,8H2,1-2H3/q+1. The molecule has 2 nitrogen and oxygen atoms in total. The topological polar surface area (TPSA) is 16.8 Å². The van der Waals surface area contributed by atoms with Crippen molar-refractivity contribution in [3.8, 4) is 0 Å². The summed E-state index contributed by atoms with van der Waals surface area (Å²) in [5.41, 5.74) is -0.326. The van der Waals surface area contributed by atoms with Gasteiger partial charge in [0.15, 0.2) is 18.9 Å². The molecule has 0 amide bonds. The van der Waals surface area contributed by atoms with E-state index in [1.54, 1.807) is 11.5 Å². The molecule has 2 aromatic rings. The van der Waals surface area contributed by atoms with Crippen molar-refractivity contribution in [2.45, 2.75) is 32.5 Å². The Morgan fingerprint density at radius 3 is 2.59 bits per heavy atom. The van der Waals surface area contributed by atoms with Crippen molar-refractivity contribution in [3.05, 3.63) is 58.4 Å². The predicted molar refractivity (Wildman–Crippen MR) is 74.0 cm³/mol. The number of aryl methyl sites for hydroxylation is 1. The third kappa shape index (κ3) is 3.74. The monoisotopic (exact) mass is 333 g/mol. The first-order valence-corrected chi connectivity index (χ1v) is 6.94. The van der Waals surface area contributed by atoms with Crippen LogP contribution in [0.15, 0.2) is 30.7 Å². The summed E-state index contributed by atoms with van der Waals surface area (Å²) in [5, 5.41) is 0.200. The largest absolute Gasteiger partial charge is 0.417 e. The molecule has 0 aliphatic heterocycles. The average Bonchev–Trinajstić information content (AvgIpc) is 2.36. The van der Waals surface area contributed by atoms with Crippen molar-refractivity contribution >= 4 is 11.6 Å². The van der Waals surface area contributed by atoms with E-state index >= 15 is 0 Å². The van der Waals surface area contributed by atoms with Gasteiger partial charge in [0.1, 0.15) is 5.82 Å². The maximum absolute atomic E-state index is 13.8. The number of pyridine rings is 2. The minimum absolute atomic E-state index is 0.117. The highest BCUT2D eigenvalue weighted by molar-refractivity contribution is 6.30. The minimum Gasteiger partial charge on any atom is -0.256 e. The van der Waals surface area contributed by atoms with Crippen molar-refractivity contribution in [1.82, 2.24) is 4.98 Å². The van der Waals surface area contributed by atoms with Gasteiger partial charge in [-0.1, -0.05) is 18.5 Å². The number of nitrogens with zero attached hydrogens (tertiary/aromatic N) is 2. The van der Waals surface area contributed by atoms with Gasteiger partial charge in [-0.15, -0.1) is 0 Å². The van der Waals surface area contributed by atoms with Crippen molar-refractivity contribution in [1.29, 1.82) is 0 Å². The molecule has 0 spiro atoms. The molecule has 2 rings (SSSR count). The molecule has 1 unspecified atom stereocenters. The van der Waals surface area contributed by atoms with Crippen LogP contribution >= 0.6 is 11.6 Å². The van der Waals surface area contributed by atoms with Crippen molar-refractivity contribution in [2.75, 3.05) is 0 Å². The first-order valence-electron chi connectivity index (χ1n) is 6.56. The summed E-state index contributed by atoms with van der Waals surface area (Å²) < 4.78 is 53.5. The molecule has 22 heavy (non-hydrogen) atoms. The Bertz CT molecular complexity index is 686. The Morgan fingerprint density at radius 2 is 2.05 bits per heavy atom. The van der Waals surface area contributed by atoms with Crippen LogP contribution in [0.5, 0.6) is 0 Å². The highest BCUT2D eigenvalue weighted by atomic mass is 35.5. The SMILES string of the molecule is Cc1c[n+](CC(C)c2ncc(Cl)cc2F)ccc1C(F)(F)F. The molecule has 2 aromatic heterocycles. The molecular weight excluding hydrogens is 320 g/mol. The summed E-state index contributed by atoms with van der Waals surface area (Å²) in [6, 6.07) is 2.19. The molecule has 0 saturated carbocycles. The van der Waals surface area contributed by atoms with Gasteiger partial charge < -0.3 is 0 Å². The molecule has 0 radical (unpaired) electrons. The van der Waals surface area contributed by atoms with Crippen LogP contribution in [-0.4, -0.2) is 4.98 Å². The van der Waals surface area contributed by atoms with Crippen molar-refractivity contribution < 1.29 is 22.1 Å². The van der Waals surface area contributed by atoms with Crippen LogP contribution in [0.3, 0.4) is 0 Å². The van der Waals surface area contributed by atoms with E-state index in [0.717, 1.165) is 6.07 Å². The zero-order valence-corrected chi connectivity index (χ0v) is 12.7. The molecule has 0 aliphatic rings. The van der Waals surface area contributed by atoms with Crippen molar-refractivity contribution in [2.24, 2.45) is 0 Å². The number of hydrogen-bond acceptors (Lipinski definition) is 1. The molecule has 0 aliphatic carbocycles. The van der Waals surface area contributed by atoms with Gasteiger partial charge in [-0.25, -0.2) is 8.96 Å². The fourth-order valence-electron chi connectivity index (χ4n) is 2.29. The van der Waals surface area contributed by atoms with E-state index in [2.05, 4.69) is 4.98 Å². The van der Waals surface area contributed by atoms with E-state index < -0.39 is 17.6 Å². The Labute approximate surface area is 130 Å². The van der Waals surface area contributed by atoms with Gasteiger partial charge in [0.05, 0.1) is 22.2 Å². The van der Waals surface area contributed by atoms with Crippen LogP contribution in [0.1, 0.15) is 29.7 Å². The zero-order valence-electron chi connectivity index (χ0n) is 12.0. The summed E-state index contributed by atoms with van der Waals surface area (Å²) in [5.74, 6) is -0.831. The summed E-state index contributed by atoms with van der Waals surface area (Å²) in [6.07, 6.45) is -0.301. The van der Waals surface area contributed by atoms with Crippen molar-refractivity contribution in [3.63, 3.8) is 0 Å². The first kappa shape index (κ1) is 16.7. The number of alkyl halides is 3. The second kappa shape index (κ2) is 6.20. The Kier molecular flexibility index (Phi) is 4.70. The molecule has 0 saturated heterocycles. The fraction of sp³-hybridized carbons (Fsp3) is 0.333. The second-order valence-electron chi connectivity index (χ2n) is 5.16. The summed E-state index contributed by atoms with van der Waals surface area (Å²) in [6.45, 7) is 3.45. The van der Waals surface area contributed by atoms with E-state index in [1.165, 1.54) is 31.6 Å². The Balaban J connectivity index is 2.22. The van der Waals surface area contributed by atoms with Crippen LogP contribution in [0.25, 0.3) is 0 Å². The summed E-state index contributed by atoms with van der Waals surface area (Å²) in [4.78, 5) is 3.95. The zero-order chi connectivity index (χ0) is 16.5. The van der Waals surface area contributed by atoms with E-state index in [1.807, 2.05) is 0 Å². The van der Waals surface area contributed by atoms with E-state index in [0.29, 0.717) is 6.54 Å². The maximum atomic E-state index is 13.8. The second-order valence-corrected chi connectivity index (χ2v) is 5.59. The van der Waals surface area contributed by atoms with Gasteiger partial charge in [0, 0.05) is 17.8 Å². The van der Waals surface area contributed by atoms with Crippen LogP contribution < -0.4 is 4.57 Å². The predicted octanol–water partition coefficient (Wildman–Crippen LogP) is 4.29. The highest BCUT2D eigenvalue weighted by Crippen LogP contribution is 2.30. The quantitative estimate of drug-likeness (QED) is 0.604. The third-order valence-electron chi connectivity index (χ3n) is 3.31. The molecule has 7 heteroatoms. The van der Waals surface area contributed by atoms with E-state index in [-0.39, 0.29) is 22.2 Å². The van der Waals surface area contributed by atoms with Crippen LogP contribution in [-0.2, 0) is 12.7 Å². The van der Waals surface area contributed by atoms with Crippen LogP contribution in [0.2, 0.25) is 5.02 Å².